The third kappa shape index (κ3) is 3.52. The van der Waals surface area contributed by atoms with Crippen molar-refractivity contribution in [2.75, 3.05) is 5.32 Å². The van der Waals surface area contributed by atoms with E-state index in [0.717, 1.165) is 26.8 Å². The Morgan fingerprint density at radius 1 is 1.12 bits per heavy atom. The standard InChI is InChI=1S/C17H12ClN5OS/c18-13-5-1-11(2-6-13)9-15(24)20-14-7-3-12(4-8-14)16-22-23-10-19-21-17(23)25-16/h1-8,10H,9H2,(H,20,24). The van der Waals surface area contributed by atoms with E-state index in [0.29, 0.717) is 11.4 Å². The Morgan fingerprint density at radius 3 is 2.60 bits per heavy atom. The first-order valence-electron chi connectivity index (χ1n) is 7.49. The Labute approximate surface area is 152 Å². The van der Waals surface area contributed by atoms with E-state index >= 15 is 0 Å². The summed E-state index contributed by atoms with van der Waals surface area (Å²) < 4.78 is 1.64. The van der Waals surface area contributed by atoms with Gasteiger partial charge in [-0.1, -0.05) is 35.1 Å². The van der Waals surface area contributed by atoms with E-state index in [4.69, 9.17) is 11.6 Å². The molecule has 0 bridgehead atoms. The van der Waals surface area contributed by atoms with Crippen LogP contribution in [0.2, 0.25) is 5.02 Å². The molecule has 6 nitrogen and oxygen atoms in total. The van der Waals surface area contributed by atoms with Gasteiger partial charge in [0.25, 0.3) is 0 Å². The summed E-state index contributed by atoms with van der Waals surface area (Å²) >= 11 is 7.31. The number of hydrogen-bond acceptors (Lipinski definition) is 5. The molecule has 1 N–H and O–H groups in total. The van der Waals surface area contributed by atoms with E-state index in [1.165, 1.54) is 11.3 Å². The van der Waals surface area contributed by atoms with Crippen LogP contribution in [0.25, 0.3) is 15.5 Å². The van der Waals surface area contributed by atoms with Crippen LogP contribution in [0.4, 0.5) is 5.69 Å². The number of carbonyl (C=O) groups excluding carboxylic acids is 1. The van der Waals surface area contributed by atoms with E-state index in [-0.39, 0.29) is 5.91 Å². The second-order valence-electron chi connectivity index (χ2n) is 5.39. The van der Waals surface area contributed by atoms with Crippen LogP contribution < -0.4 is 5.32 Å². The predicted molar refractivity (Wildman–Crippen MR) is 97.9 cm³/mol. The van der Waals surface area contributed by atoms with Crippen LogP contribution in [-0.4, -0.2) is 25.7 Å². The Kier molecular flexibility index (Phi) is 4.17. The number of anilines is 1. The number of benzene rings is 2. The normalized spacial score (nSPS) is 10.9. The number of fused-ring (bicyclic) bond motifs is 1. The monoisotopic (exact) mass is 369 g/mol. The molecule has 0 saturated heterocycles. The highest BCUT2D eigenvalue weighted by Gasteiger charge is 2.09. The summed E-state index contributed by atoms with van der Waals surface area (Å²) in [5, 5.41) is 16.6. The summed E-state index contributed by atoms with van der Waals surface area (Å²) in [5.74, 6) is -0.0751. The smallest absolute Gasteiger partial charge is 0.234 e. The Bertz CT molecular complexity index is 995. The fraction of sp³-hybridized carbons (Fsp3) is 0.0588. The van der Waals surface area contributed by atoms with Crippen molar-refractivity contribution in [3.63, 3.8) is 0 Å². The van der Waals surface area contributed by atoms with Crippen molar-refractivity contribution < 1.29 is 4.79 Å². The van der Waals surface area contributed by atoms with E-state index in [2.05, 4.69) is 20.6 Å². The van der Waals surface area contributed by atoms with Crippen LogP contribution in [0.1, 0.15) is 5.56 Å². The molecule has 1 amide bonds. The molecule has 0 fully saturated rings. The van der Waals surface area contributed by atoms with Gasteiger partial charge in [-0.15, -0.1) is 10.2 Å². The maximum absolute atomic E-state index is 12.1. The number of hydrogen-bond donors (Lipinski definition) is 1. The second kappa shape index (κ2) is 6.62. The van der Waals surface area contributed by atoms with E-state index in [1.807, 2.05) is 36.4 Å². The molecule has 0 aliphatic heterocycles. The van der Waals surface area contributed by atoms with Gasteiger partial charge in [0.1, 0.15) is 11.3 Å². The lowest BCUT2D eigenvalue weighted by Gasteiger charge is -2.06. The number of amides is 1. The lowest BCUT2D eigenvalue weighted by atomic mass is 10.1. The Hall–Kier alpha value is -2.77. The molecule has 124 valence electrons. The molecule has 2 aromatic carbocycles. The first kappa shape index (κ1) is 15.7. The van der Waals surface area contributed by atoms with Gasteiger partial charge in [-0.3, -0.25) is 4.79 Å². The van der Waals surface area contributed by atoms with Gasteiger partial charge in [0.15, 0.2) is 0 Å². The van der Waals surface area contributed by atoms with E-state index < -0.39 is 0 Å². The summed E-state index contributed by atoms with van der Waals surface area (Å²) in [6.07, 6.45) is 1.87. The SMILES string of the molecule is O=C(Cc1ccc(Cl)cc1)Nc1ccc(-c2nn3cnnc3s2)cc1. The van der Waals surface area contributed by atoms with Gasteiger partial charge >= 0.3 is 0 Å². The zero-order valence-corrected chi connectivity index (χ0v) is 14.5. The van der Waals surface area contributed by atoms with Gasteiger partial charge in [-0.2, -0.15) is 9.61 Å². The molecule has 8 heteroatoms. The van der Waals surface area contributed by atoms with Crippen LogP contribution >= 0.6 is 22.9 Å². The van der Waals surface area contributed by atoms with Crippen LogP contribution in [0.3, 0.4) is 0 Å². The van der Waals surface area contributed by atoms with Gasteiger partial charge in [0.2, 0.25) is 10.9 Å². The maximum Gasteiger partial charge on any atom is 0.234 e. The molecule has 0 unspecified atom stereocenters. The van der Waals surface area contributed by atoms with Gasteiger partial charge < -0.3 is 5.32 Å². The van der Waals surface area contributed by atoms with Gasteiger partial charge in [-0.05, 0) is 42.0 Å². The first-order valence-corrected chi connectivity index (χ1v) is 8.68. The van der Waals surface area contributed by atoms with Gasteiger partial charge in [-0.25, -0.2) is 0 Å². The third-order valence-electron chi connectivity index (χ3n) is 3.58. The Balaban J connectivity index is 1.43. The number of halogens is 1. The molecule has 2 heterocycles. The summed E-state index contributed by atoms with van der Waals surface area (Å²) in [6.45, 7) is 0. The average molecular weight is 370 g/mol. The van der Waals surface area contributed by atoms with Crippen molar-refractivity contribution in [3.05, 3.63) is 65.4 Å². The minimum absolute atomic E-state index is 0.0751. The highest BCUT2D eigenvalue weighted by atomic mass is 35.5. The second-order valence-corrected chi connectivity index (χ2v) is 6.79. The van der Waals surface area contributed by atoms with Crippen molar-refractivity contribution in [2.24, 2.45) is 0 Å². The van der Waals surface area contributed by atoms with Crippen LogP contribution in [0, 0.1) is 0 Å². The molecular weight excluding hydrogens is 358 g/mol. The van der Waals surface area contributed by atoms with Crippen molar-refractivity contribution in [1.82, 2.24) is 19.8 Å². The van der Waals surface area contributed by atoms with Crippen molar-refractivity contribution in [3.8, 4) is 10.6 Å². The minimum Gasteiger partial charge on any atom is -0.326 e. The predicted octanol–water partition coefficient (Wildman–Crippen LogP) is 3.69. The lowest BCUT2D eigenvalue weighted by molar-refractivity contribution is -0.115. The van der Waals surface area contributed by atoms with Crippen molar-refractivity contribution in [2.45, 2.75) is 6.42 Å². The topological polar surface area (TPSA) is 72.2 Å². The van der Waals surface area contributed by atoms with Crippen LogP contribution in [0.15, 0.2) is 54.9 Å². The molecule has 0 radical (unpaired) electrons. The summed E-state index contributed by atoms with van der Waals surface area (Å²) in [6, 6.07) is 14.8. The third-order valence-corrected chi connectivity index (χ3v) is 4.79. The largest absolute Gasteiger partial charge is 0.326 e. The fourth-order valence-electron chi connectivity index (χ4n) is 2.37. The molecular formula is C17H12ClN5OS. The summed E-state index contributed by atoms with van der Waals surface area (Å²) in [7, 11) is 0. The molecule has 0 aliphatic carbocycles. The van der Waals surface area contributed by atoms with Crippen molar-refractivity contribution >= 4 is 39.5 Å². The molecule has 0 spiro atoms. The maximum atomic E-state index is 12.1. The van der Waals surface area contributed by atoms with E-state index in [1.54, 1.807) is 23.0 Å². The molecule has 0 aliphatic rings. The minimum atomic E-state index is -0.0751. The number of nitrogens with zero attached hydrogens (tertiary/aromatic N) is 4. The summed E-state index contributed by atoms with van der Waals surface area (Å²) in [5.41, 5.74) is 2.62. The molecule has 4 rings (SSSR count). The van der Waals surface area contributed by atoms with Crippen molar-refractivity contribution in [1.29, 1.82) is 0 Å². The van der Waals surface area contributed by atoms with Gasteiger partial charge in [0, 0.05) is 16.3 Å². The number of carbonyl (C=O) groups is 1. The first-order chi connectivity index (χ1) is 12.2. The van der Waals surface area contributed by atoms with Gasteiger partial charge in [0.05, 0.1) is 6.42 Å². The van der Waals surface area contributed by atoms with Crippen LogP contribution in [-0.2, 0) is 11.2 Å². The quantitative estimate of drug-likeness (QED) is 0.595. The van der Waals surface area contributed by atoms with E-state index in [9.17, 15) is 4.79 Å². The summed E-state index contributed by atoms with van der Waals surface area (Å²) in [4.78, 5) is 12.9. The number of rotatable bonds is 4. The molecule has 0 atom stereocenters. The highest BCUT2D eigenvalue weighted by Crippen LogP contribution is 2.25. The average Bonchev–Trinajstić information content (AvgIpc) is 3.19. The number of aromatic nitrogens is 4. The zero-order chi connectivity index (χ0) is 17.2. The van der Waals surface area contributed by atoms with Crippen LogP contribution in [0.5, 0.6) is 0 Å². The molecule has 0 saturated carbocycles. The molecule has 25 heavy (non-hydrogen) atoms. The zero-order valence-electron chi connectivity index (χ0n) is 12.9. The number of nitrogens with one attached hydrogen (secondary N) is 1. The highest BCUT2D eigenvalue weighted by molar-refractivity contribution is 7.19. The lowest BCUT2D eigenvalue weighted by Crippen LogP contribution is -2.14. The molecule has 4 aromatic rings. The Morgan fingerprint density at radius 2 is 1.88 bits per heavy atom. The fourth-order valence-corrected chi connectivity index (χ4v) is 3.32. The molecule has 2 aromatic heterocycles.